The molecular formula is C16H17N3O2. The fraction of sp³-hybridized carbons (Fsp3) is 0.125. The Morgan fingerprint density at radius 1 is 1.38 bits per heavy atom. The summed E-state index contributed by atoms with van der Waals surface area (Å²) in [5.74, 6) is 0.150. The number of nitrogen functional groups attached to an aromatic ring is 1. The van der Waals surface area contributed by atoms with Crippen molar-refractivity contribution in [2.75, 3.05) is 17.7 Å². The van der Waals surface area contributed by atoms with E-state index in [9.17, 15) is 4.79 Å². The number of ether oxygens (including phenoxy) is 1. The Labute approximate surface area is 123 Å². The van der Waals surface area contributed by atoms with Gasteiger partial charge in [-0.2, -0.15) is 0 Å². The van der Waals surface area contributed by atoms with Gasteiger partial charge in [-0.25, -0.2) is 4.98 Å². The van der Waals surface area contributed by atoms with Gasteiger partial charge in [0.15, 0.2) is 0 Å². The summed E-state index contributed by atoms with van der Waals surface area (Å²) in [6.45, 7) is 2.35. The first-order valence-electron chi connectivity index (χ1n) is 6.61. The van der Waals surface area contributed by atoms with Crippen LogP contribution < -0.4 is 15.8 Å². The minimum atomic E-state index is -0.258. The lowest BCUT2D eigenvalue weighted by Crippen LogP contribution is -2.10. The molecule has 0 saturated heterocycles. The number of nitrogens with zero attached hydrogens (tertiary/aromatic N) is 1. The second-order valence-corrected chi connectivity index (χ2v) is 4.28. The molecule has 5 heteroatoms. The molecule has 0 unspecified atom stereocenters. The number of nitrogens with one attached hydrogen (secondary N) is 1. The summed E-state index contributed by atoms with van der Waals surface area (Å²) >= 11 is 0. The number of hydrogen-bond donors (Lipinski definition) is 2. The van der Waals surface area contributed by atoms with Gasteiger partial charge in [0.1, 0.15) is 5.69 Å². The number of hydrogen-bond acceptors (Lipinski definition) is 4. The molecule has 1 amide bonds. The Kier molecular flexibility index (Phi) is 4.93. The summed E-state index contributed by atoms with van der Waals surface area (Å²) in [5, 5.41) is 2.74. The summed E-state index contributed by atoms with van der Waals surface area (Å²) in [6, 6.07) is 10.8. The van der Waals surface area contributed by atoms with E-state index in [0.717, 1.165) is 5.56 Å². The average Bonchev–Trinajstić information content (AvgIpc) is 2.48. The number of aromatic nitrogens is 1. The molecule has 0 aliphatic carbocycles. The molecule has 0 radical (unpaired) electrons. The Morgan fingerprint density at radius 2 is 2.24 bits per heavy atom. The van der Waals surface area contributed by atoms with Crippen LogP contribution in [0.1, 0.15) is 12.5 Å². The molecule has 21 heavy (non-hydrogen) atoms. The van der Waals surface area contributed by atoms with Crippen molar-refractivity contribution < 1.29 is 9.53 Å². The highest BCUT2D eigenvalue weighted by atomic mass is 16.5. The fourth-order valence-corrected chi connectivity index (χ4v) is 1.75. The Hall–Kier alpha value is -2.82. The zero-order valence-electron chi connectivity index (χ0n) is 11.7. The van der Waals surface area contributed by atoms with E-state index in [2.05, 4.69) is 10.3 Å². The number of benzene rings is 1. The first-order valence-corrected chi connectivity index (χ1v) is 6.61. The van der Waals surface area contributed by atoms with E-state index in [0.29, 0.717) is 23.9 Å². The van der Waals surface area contributed by atoms with Crippen molar-refractivity contribution in [1.29, 1.82) is 0 Å². The molecule has 3 N–H and O–H groups in total. The van der Waals surface area contributed by atoms with Crippen molar-refractivity contribution in [3.63, 3.8) is 0 Å². The normalized spacial score (nSPS) is 10.5. The van der Waals surface area contributed by atoms with E-state index in [1.165, 1.54) is 6.08 Å². The van der Waals surface area contributed by atoms with Crippen LogP contribution in [0.15, 0.2) is 48.7 Å². The number of amides is 1. The lowest BCUT2D eigenvalue weighted by atomic mass is 10.2. The number of rotatable bonds is 5. The third-order valence-corrected chi connectivity index (χ3v) is 2.65. The molecule has 108 valence electrons. The third kappa shape index (κ3) is 4.35. The highest BCUT2D eigenvalue weighted by Crippen LogP contribution is 2.20. The van der Waals surface area contributed by atoms with Gasteiger partial charge in [-0.05, 0) is 42.8 Å². The van der Waals surface area contributed by atoms with Crippen molar-refractivity contribution in [3.8, 4) is 5.88 Å². The zero-order chi connectivity index (χ0) is 15.1. The standard InChI is InChI=1S/C16H17N3O2/c1-2-21-16-14(7-4-10-18-16)19-15(20)9-8-12-5-3-6-13(17)11-12/h3-11H,2,17H2,1H3,(H,19,20)/b9-8+. The van der Waals surface area contributed by atoms with Crippen LogP contribution in [0.2, 0.25) is 0 Å². The van der Waals surface area contributed by atoms with E-state index < -0.39 is 0 Å². The lowest BCUT2D eigenvalue weighted by molar-refractivity contribution is -0.111. The largest absolute Gasteiger partial charge is 0.476 e. The molecule has 1 heterocycles. The Morgan fingerprint density at radius 3 is 3.00 bits per heavy atom. The van der Waals surface area contributed by atoms with Gasteiger partial charge in [0.05, 0.1) is 6.61 Å². The van der Waals surface area contributed by atoms with Crippen LogP contribution in [-0.4, -0.2) is 17.5 Å². The SMILES string of the molecule is CCOc1ncccc1NC(=O)/C=C/c1cccc(N)c1. The first-order chi connectivity index (χ1) is 10.2. The van der Waals surface area contributed by atoms with Crippen LogP contribution in [0.25, 0.3) is 6.08 Å². The fourth-order valence-electron chi connectivity index (χ4n) is 1.75. The predicted octanol–water partition coefficient (Wildman–Crippen LogP) is 2.71. The van der Waals surface area contributed by atoms with Gasteiger partial charge in [0, 0.05) is 18.0 Å². The minimum Gasteiger partial charge on any atom is -0.476 e. The molecule has 1 aromatic heterocycles. The van der Waals surface area contributed by atoms with Crippen LogP contribution in [-0.2, 0) is 4.79 Å². The van der Waals surface area contributed by atoms with Crippen LogP contribution in [0.3, 0.4) is 0 Å². The summed E-state index contributed by atoms with van der Waals surface area (Å²) in [6.07, 6.45) is 4.75. The average molecular weight is 283 g/mol. The second-order valence-electron chi connectivity index (χ2n) is 4.28. The topological polar surface area (TPSA) is 77.2 Å². The monoisotopic (exact) mass is 283 g/mol. The molecule has 0 bridgehead atoms. The molecule has 5 nitrogen and oxygen atoms in total. The van der Waals surface area contributed by atoms with Gasteiger partial charge in [-0.1, -0.05) is 12.1 Å². The molecule has 0 fully saturated rings. The van der Waals surface area contributed by atoms with Crippen molar-refractivity contribution in [1.82, 2.24) is 4.98 Å². The molecule has 0 aliphatic heterocycles. The van der Waals surface area contributed by atoms with Crippen LogP contribution >= 0.6 is 0 Å². The van der Waals surface area contributed by atoms with E-state index in [1.807, 2.05) is 19.1 Å². The number of pyridine rings is 1. The van der Waals surface area contributed by atoms with E-state index in [-0.39, 0.29) is 5.91 Å². The maximum atomic E-state index is 11.9. The quantitative estimate of drug-likeness (QED) is 0.653. The number of carbonyl (C=O) groups is 1. The second kappa shape index (κ2) is 7.09. The summed E-state index contributed by atoms with van der Waals surface area (Å²) in [4.78, 5) is 16.0. The maximum absolute atomic E-state index is 11.9. The first kappa shape index (κ1) is 14.6. The summed E-state index contributed by atoms with van der Waals surface area (Å²) in [5.41, 5.74) is 7.74. The van der Waals surface area contributed by atoms with Crippen molar-refractivity contribution in [2.24, 2.45) is 0 Å². The molecule has 2 aromatic rings. The van der Waals surface area contributed by atoms with Crippen molar-refractivity contribution in [2.45, 2.75) is 6.92 Å². The molecule has 0 atom stereocenters. The molecule has 0 aliphatic rings. The number of carbonyl (C=O) groups excluding carboxylic acids is 1. The molecule has 0 spiro atoms. The maximum Gasteiger partial charge on any atom is 0.248 e. The minimum absolute atomic E-state index is 0.258. The van der Waals surface area contributed by atoms with Crippen LogP contribution in [0, 0.1) is 0 Å². The van der Waals surface area contributed by atoms with Gasteiger partial charge in [-0.15, -0.1) is 0 Å². The lowest BCUT2D eigenvalue weighted by Gasteiger charge is -2.08. The van der Waals surface area contributed by atoms with Gasteiger partial charge in [0.2, 0.25) is 11.8 Å². The molecule has 0 saturated carbocycles. The van der Waals surface area contributed by atoms with Crippen LogP contribution in [0.5, 0.6) is 5.88 Å². The predicted molar refractivity (Wildman–Crippen MR) is 83.9 cm³/mol. The summed E-state index contributed by atoms with van der Waals surface area (Å²) < 4.78 is 5.35. The van der Waals surface area contributed by atoms with E-state index in [4.69, 9.17) is 10.5 Å². The number of anilines is 2. The highest BCUT2D eigenvalue weighted by Gasteiger charge is 2.06. The van der Waals surface area contributed by atoms with Gasteiger partial charge in [0.25, 0.3) is 0 Å². The molecule has 1 aromatic carbocycles. The van der Waals surface area contributed by atoms with E-state index >= 15 is 0 Å². The van der Waals surface area contributed by atoms with Crippen molar-refractivity contribution in [3.05, 3.63) is 54.2 Å². The van der Waals surface area contributed by atoms with Crippen LogP contribution in [0.4, 0.5) is 11.4 Å². The van der Waals surface area contributed by atoms with Gasteiger partial charge >= 0.3 is 0 Å². The van der Waals surface area contributed by atoms with Gasteiger partial charge < -0.3 is 15.8 Å². The van der Waals surface area contributed by atoms with Gasteiger partial charge in [-0.3, -0.25) is 4.79 Å². The smallest absolute Gasteiger partial charge is 0.248 e. The molecule has 2 rings (SSSR count). The molecular weight excluding hydrogens is 266 g/mol. The summed E-state index contributed by atoms with van der Waals surface area (Å²) in [7, 11) is 0. The van der Waals surface area contributed by atoms with Crippen molar-refractivity contribution >= 4 is 23.4 Å². The Balaban J connectivity index is 2.05. The zero-order valence-corrected chi connectivity index (χ0v) is 11.7. The number of nitrogens with two attached hydrogens (primary N) is 1. The van der Waals surface area contributed by atoms with E-state index in [1.54, 1.807) is 36.5 Å². The Bertz CT molecular complexity index is 653. The highest BCUT2D eigenvalue weighted by molar-refractivity contribution is 6.02. The third-order valence-electron chi connectivity index (χ3n) is 2.65.